The molecule has 0 fully saturated rings. The molecular formula is C25H18ClF3O. The number of benzene rings is 3. The summed E-state index contributed by atoms with van der Waals surface area (Å²) in [6, 6.07) is 16.0. The molecular weight excluding hydrogens is 409 g/mol. The Bertz CT molecular complexity index is 1130. The second-order valence-corrected chi connectivity index (χ2v) is 7.94. The van der Waals surface area contributed by atoms with Crippen LogP contribution in [0.1, 0.15) is 39.4 Å². The smallest absolute Gasteiger partial charge is 0.176 e. The molecule has 0 bridgehead atoms. The van der Waals surface area contributed by atoms with Crippen molar-refractivity contribution in [1.82, 2.24) is 0 Å². The summed E-state index contributed by atoms with van der Waals surface area (Å²) in [7, 11) is 0. The van der Waals surface area contributed by atoms with Crippen LogP contribution in [0.3, 0.4) is 0 Å². The van der Waals surface area contributed by atoms with Crippen LogP contribution in [0.5, 0.6) is 0 Å². The molecule has 152 valence electrons. The first kappa shape index (κ1) is 20.4. The second kappa shape index (κ2) is 8.11. The summed E-state index contributed by atoms with van der Waals surface area (Å²) in [5, 5.41) is 0.593. The number of carbonyl (C=O) groups is 1. The fraction of sp³-hybridized carbons (Fsp3) is 0.160. The molecule has 0 amide bonds. The molecule has 3 aromatic rings. The molecule has 1 aliphatic rings. The molecule has 0 radical (unpaired) electrons. The van der Waals surface area contributed by atoms with E-state index in [1.165, 1.54) is 0 Å². The second-order valence-electron chi connectivity index (χ2n) is 7.50. The number of aryl methyl sites for hydroxylation is 1. The van der Waals surface area contributed by atoms with Crippen LogP contribution in [0.2, 0.25) is 5.02 Å². The van der Waals surface area contributed by atoms with Gasteiger partial charge in [0.05, 0.1) is 5.56 Å². The summed E-state index contributed by atoms with van der Waals surface area (Å²) < 4.78 is 42.1. The molecule has 30 heavy (non-hydrogen) atoms. The van der Waals surface area contributed by atoms with Crippen molar-refractivity contribution in [3.05, 3.63) is 111 Å². The molecule has 0 saturated carbocycles. The molecule has 2 unspecified atom stereocenters. The summed E-state index contributed by atoms with van der Waals surface area (Å²) in [6.07, 6.45) is 2.30. The molecule has 4 rings (SSSR count). The summed E-state index contributed by atoms with van der Waals surface area (Å²) in [4.78, 5) is 13.3. The Hall–Kier alpha value is -2.85. The van der Waals surface area contributed by atoms with Crippen LogP contribution < -0.4 is 0 Å². The molecule has 0 spiro atoms. The maximum atomic E-state index is 14.4. The molecule has 0 heterocycles. The summed E-state index contributed by atoms with van der Waals surface area (Å²) in [5.41, 5.74) is 3.04. The standard InChI is InChI=1S/C25H18ClF3O/c1-14-4-2-3-5-19(14)20-10-16(15-6-8-17(26)9-7-15)11-21(20)25(30)24-22(28)12-18(27)13-23(24)29/h2-9,11-13,20-21H,10H2,1H3. The van der Waals surface area contributed by atoms with Crippen molar-refractivity contribution >= 4 is 23.0 Å². The van der Waals surface area contributed by atoms with E-state index in [2.05, 4.69) is 0 Å². The average molecular weight is 427 g/mol. The summed E-state index contributed by atoms with van der Waals surface area (Å²) in [6.45, 7) is 1.94. The molecule has 1 aliphatic carbocycles. The topological polar surface area (TPSA) is 17.1 Å². The van der Waals surface area contributed by atoms with Crippen molar-refractivity contribution in [3.8, 4) is 0 Å². The van der Waals surface area contributed by atoms with E-state index < -0.39 is 34.7 Å². The van der Waals surface area contributed by atoms with Gasteiger partial charge in [-0.2, -0.15) is 0 Å². The lowest BCUT2D eigenvalue weighted by Crippen LogP contribution is -2.21. The number of halogens is 4. The minimum Gasteiger partial charge on any atom is -0.293 e. The van der Waals surface area contributed by atoms with Gasteiger partial charge in [-0.1, -0.05) is 54.1 Å². The molecule has 3 aromatic carbocycles. The van der Waals surface area contributed by atoms with Crippen LogP contribution in [-0.4, -0.2) is 5.78 Å². The monoisotopic (exact) mass is 426 g/mol. The number of carbonyl (C=O) groups excluding carboxylic acids is 1. The van der Waals surface area contributed by atoms with E-state index in [1.54, 1.807) is 18.2 Å². The Morgan fingerprint density at radius 1 is 0.967 bits per heavy atom. The van der Waals surface area contributed by atoms with Gasteiger partial charge in [-0.3, -0.25) is 4.79 Å². The highest BCUT2D eigenvalue weighted by Gasteiger charge is 2.37. The van der Waals surface area contributed by atoms with Crippen molar-refractivity contribution in [3.63, 3.8) is 0 Å². The molecule has 0 aliphatic heterocycles. The Labute approximate surface area is 177 Å². The summed E-state index contributed by atoms with van der Waals surface area (Å²) in [5.74, 6) is -5.17. The Morgan fingerprint density at radius 2 is 1.60 bits per heavy atom. The highest BCUT2D eigenvalue weighted by Crippen LogP contribution is 2.45. The highest BCUT2D eigenvalue weighted by atomic mass is 35.5. The lowest BCUT2D eigenvalue weighted by atomic mass is 9.81. The number of hydrogen-bond donors (Lipinski definition) is 0. The minimum atomic E-state index is -1.19. The van der Waals surface area contributed by atoms with Gasteiger partial charge in [-0.25, -0.2) is 13.2 Å². The van der Waals surface area contributed by atoms with Crippen molar-refractivity contribution in [1.29, 1.82) is 0 Å². The van der Waals surface area contributed by atoms with Crippen LogP contribution in [0.25, 0.3) is 5.57 Å². The van der Waals surface area contributed by atoms with Gasteiger partial charge >= 0.3 is 0 Å². The van der Waals surface area contributed by atoms with E-state index in [0.29, 0.717) is 23.6 Å². The molecule has 1 nitrogen and oxygen atoms in total. The Kier molecular flexibility index (Phi) is 5.52. The van der Waals surface area contributed by atoms with Crippen LogP contribution >= 0.6 is 11.6 Å². The van der Waals surface area contributed by atoms with Crippen LogP contribution in [0.4, 0.5) is 13.2 Å². The molecule has 0 saturated heterocycles. The van der Waals surface area contributed by atoms with Crippen LogP contribution in [0, 0.1) is 30.3 Å². The number of allylic oxidation sites excluding steroid dienone is 2. The van der Waals surface area contributed by atoms with E-state index in [-0.39, 0.29) is 5.92 Å². The third-order valence-corrected chi connectivity index (χ3v) is 5.87. The van der Waals surface area contributed by atoms with Gasteiger partial charge in [0.25, 0.3) is 0 Å². The lowest BCUT2D eigenvalue weighted by Gasteiger charge is -2.21. The van der Waals surface area contributed by atoms with E-state index in [9.17, 15) is 18.0 Å². The normalized spacial score (nSPS) is 18.4. The van der Waals surface area contributed by atoms with Gasteiger partial charge in [0.2, 0.25) is 0 Å². The highest BCUT2D eigenvalue weighted by molar-refractivity contribution is 6.30. The van der Waals surface area contributed by atoms with E-state index in [4.69, 9.17) is 11.6 Å². The van der Waals surface area contributed by atoms with Gasteiger partial charge in [0.15, 0.2) is 5.78 Å². The van der Waals surface area contributed by atoms with E-state index in [1.807, 2.05) is 43.3 Å². The minimum absolute atomic E-state index is 0.284. The maximum Gasteiger partial charge on any atom is 0.176 e. The number of rotatable bonds is 4. The SMILES string of the molecule is Cc1ccccc1C1CC(c2ccc(Cl)cc2)=CC1C(=O)c1c(F)cc(F)cc1F. The van der Waals surface area contributed by atoms with Crippen LogP contribution in [-0.2, 0) is 0 Å². The van der Waals surface area contributed by atoms with E-state index in [0.717, 1.165) is 22.3 Å². The van der Waals surface area contributed by atoms with Gasteiger partial charge in [-0.15, -0.1) is 0 Å². The van der Waals surface area contributed by atoms with Gasteiger partial charge in [-0.05, 0) is 47.7 Å². The first-order valence-corrected chi connectivity index (χ1v) is 9.94. The molecule has 0 aromatic heterocycles. The Morgan fingerprint density at radius 3 is 2.23 bits per heavy atom. The first-order valence-electron chi connectivity index (χ1n) is 9.56. The zero-order valence-corrected chi connectivity index (χ0v) is 16.9. The first-order chi connectivity index (χ1) is 14.3. The average Bonchev–Trinajstić information content (AvgIpc) is 3.13. The van der Waals surface area contributed by atoms with Gasteiger partial charge in [0, 0.05) is 29.0 Å². The fourth-order valence-electron chi connectivity index (χ4n) is 4.15. The lowest BCUT2D eigenvalue weighted by molar-refractivity contribution is 0.0926. The van der Waals surface area contributed by atoms with Crippen molar-refractivity contribution in [2.24, 2.45) is 5.92 Å². The maximum absolute atomic E-state index is 14.4. The molecule has 0 N–H and O–H groups in total. The van der Waals surface area contributed by atoms with Gasteiger partial charge in [0.1, 0.15) is 17.5 Å². The van der Waals surface area contributed by atoms with Crippen molar-refractivity contribution in [2.75, 3.05) is 0 Å². The zero-order valence-electron chi connectivity index (χ0n) is 16.1. The third-order valence-electron chi connectivity index (χ3n) is 5.61. The van der Waals surface area contributed by atoms with Crippen molar-refractivity contribution < 1.29 is 18.0 Å². The quantitative estimate of drug-likeness (QED) is 0.405. The number of ketones is 1. The molecule has 5 heteroatoms. The fourth-order valence-corrected chi connectivity index (χ4v) is 4.28. The number of Topliss-reactive ketones (excluding diaryl/α,β-unsaturated/α-hetero) is 1. The third kappa shape index (κ3) is 3.80. The predicted molar refractivity (Wildman–Crippen MR) is 112 cm³/mol. The van der Waals surface area contributed by atoms with Crippen molar-refractivity contribution in [2.45, 2.75) is 19.3 Å². The van der Waals surface area contributed by atoms with Gasteiger partial charge < -0.3 is 0 Å². The Balaban J connectivity index is 1.81. The summed E-state index contributed by atoms with van der Waals surface area (Å²) >= 11 is 5.98. The number of hydrogen-bond acceptors (Lipinski definition) is 1. The molecule has 2 atom stereocenters. The largest absolute Gasteiger partial charge is 0.293 e. The van der Waals surface area contributed by atoms with Crippen LogP contribution in [0.15, 0.2) is 66.7 Å². The zero-order chi connectivity index (χ0) is 21.4. The van der Waals surface area contributed by atoms with E-state index >= 15 is 0 Å². The predicted octanol–water partition coefficient (Wildman–Crippen LogP) is 7.14.